The summed E-state index contributed by atoms with van der Waals surface area (Å²) in [6.45, 7) is 11.1. The van der Waals surface area contributed by atoms with Gasteiger partial charge < -0.3 is 4.74 Å². The predicted octanol–water partition coefficient (Wildman–Crippen LogP) is 10.9. The fraction of sp³-hybridized carbons (Fsp3) is 0.333. The van der Waals surface area contributed by atoms with E-state index in [-0.39, 0.29) is 0 Å². The van der Waals surface area contributed by atoms with Crippen molar-refractivity contribution in [3.8, 4) is 16.9 Å². The van der Waals surface area contributed by atoms with Crippen molar-refractivity contribution in [2.75, 3.05) is 0 Å². The van der Waals surface area contributed by atoms with E-state index in [0.717, 1.165) is 50.7 Å². The van der Waals surface area contributed by atoms with Crippen LogP contribution in [0.3, 0.4) is 0 Å². The second-order valence-corrected chi connectivity index (χ2v) is 11.6. The fourth-order valence-corrected chi connectivity index (χ4v) is 6.26. The van der Waals surface area contributed by atoms with Crippen LogP contribution < -0.4 is 4.74 Å². The predicted molar refractivity (Wildman–Crippen MR) is 172 cm³/mol. The average molecular weight is 529 g/mol. The van der Waals surface area contributed by atoms with E-state index in [0.29, 0.717) is 6.10 Å². The number of hydrogen-bond acceptors (Lipinski definition) is 1. The van der Waals surface area contributed by atoms with Crippen molar-refractivity contribution in [3.63, 3.8) is 0 Å². The quantitative estimate of drug-likeness (QED) is 0.210. The Hall–Kier alpha value is -3.58. The second-order valence-electron chi connectivity index (χ2n) is 11.6. The maximum absolute atomic E-state index is 6.43. The summed E-state index contributed by atoms with van der Waals surface area (Å²) in [5.74, 6) is 0.980. The summed E-state index contributed by atoms with van der Waals surface area (Å²) in [6.07, 6.45) is 8.11. The zero-order valence-electron chi connectivity index (χ0n) is 25.0. The third kappa shape index (κ3) is 6.25. The Morgan fingerprint density at radius 1 is 0.625 bits per heavy atom. The Kier molecular flexibility index (Phi) is 8.90. The molecule has 1 aliphatic carbocycles. The molecule has 1 aliphatic rings. The summed E-state index contributed by atoms with van der Waals surface area (Å²) in [4.78, 5) is 0. The molecule has 40 heavy (non-hydrogen) atoms. The van der Waals surface area contributed by atoms with E-state index < -0.39 is 0 Å². The number of rotatable bonds is 9. The first-order valence-electron chi connectivity index (χ1n) is 15.2. The van der Waals surface area contributed by atoms with Gasteiger partial charge in [0.1, 0.15) is 5.75 Å². The van der Waals surface area contributed by atoms with Gasteiger partial charge in [0.05, 0.1) is 6.10 Å². The molecule has 4 aromatic rings. The minimum Gasteiger partial charge on any atom is -0.490 e. The number of ether oxygens (including phenoxy) is 1. The molecule has 0 atom stereocenters. The number of benzene rings is 4. The Labute approximate surface area is 241 Å². The van der Waals surface area contributed by atoms with E-state index in [2.05, 4.69) is 120 Å². The highest BCUT2D eigenvalue weighted by atomic mass is 16.5. The molecule has 0 heterocycles. The molecule has 0 N–H and O–H groups in total. The van der Waals surface area contributed by atoms with Gasteiger partial charge in [-0.25, -0.2) is 0 Å². The lowest BCUT2D eigenvalue weighted by atomic mass is 9.85. The molecule has 0 unspecified atom stereocenters. The van der Waals surface area contributed by atoms with Crippen LogP contribution in [0, 0.1) is 20.8 Å². The Bertz CT molecular complexity index is 1460. The van der Waals surface area contributed by atoms with Crippen LogP contribution in [0.1, 0.15) is 91.3 Å². The summed E-state index contributed by atoms with van der Waals surface area (Å²) in [5.41, 5.74) is 14.9. The first-order chi connectivity index (χ1) is 19.5. The molecule has 5 rings (SSSR count). The lowest BCUT2D eigenvalue weighted by molar-refractivity contribution is 0.179. The van der Waals surface area contributed by atoms with Gasteiger partial charge in [-0.05, 0) is 115 Å². The largest absolute Gasteiger partial charge is 0.490 e. The molecule has 206 valence electrons. The van der Waals surface area contributed by atoms with Gasteiger partial charge in [0.2, 0.25) is 0 Å². The second kappa shape index (κ2) is 12.7. The first-order valence-corrected chi connectivity index (χ1v) is 15.2. The smallest absolute Gasteiger partial charge is 0.119 e. The van der Waals surface area contributed by atoms with Gasteiger partial charge in [-0.2, -0.15) is 0 Å². The maximum atomic E-state index is 6.43. The van der Waals surface area contributed by atoms with Crippen molar-refractivity contribution in [1.29, 1.82) is 0 Å². The molecule has 0 aliphatic heterocycles. The normalized spacial score (nSPS) is 13.3. The molecule has 4 aromatic carbocycles. The van der Waals surface area contributed by atoms with E-state index >= 15 is 0 Å². The lowest BCUT2D eigenvalue weighted by Gasteiger charge is -2.20. The molecule has 1 nitrogen and oxygen atoms in total. The number of allylic oxidation sites excluding steroid dienone is 1. The summed E-state index contributed by atoms with van der Waals surface area (Å²) in [6, 6.07) is 31.9. The molecular weight excluding hydrogens is 484 g/mol. The molecule has 0 radical (unpaired) electrons. The number of aryl methyl sites for hydroxylation is 4. The highest BCUT2D eigenvalue weighted by Crippen LogP contribution is 2.42. The van der Waals surface area contributed by atoms with E-state index in [9.17, 15) is 0 Å². The van der Waals surface area contributed by atoms with Crippen molar-refractivity contribution in [1.82, 2.24) is 0 Å². The summed E-state index contributed by atoms with van der Waals surface area (Å²) in [7, 11) is 0. The molecule has 1 heteroatoms. The van der Waals surface area contributed by atoms with Crippen molar-refractivity contribution in [3.05, 3.63) is 124 Å². The van der Waals surface area contributed by atoms with Crippen molar-refractivity contribution in [2.24, 2.45) is 0 Å². The van der Waals surface area contributed by atoms with Gasteiger partial charge in [-0.15, -0.1) is 0 Å². The van der Waals surface area contributed by atoms with E-state index in [1.165, 1.54) is 61.2 Å². The van der Waals surface area contributed by atoms with Crippen LogP contribution in [-0.2, 0) is 6.42 Å². The Morgan fingerprint density at radius 3 is 1.93 bits per heavy atom. The fourth-order valence-electron chi connectivity index (χ4n) is 6.26. The van der Waals surface area contributed by atoms with Gasteiger partial charge >= 0.3 is 0 Å². The zero-order valence-corrected chi connectivity index (χ0v) is 25.0. The molecule has 0 spiro atoms. The Balaban J connectivity index is 1.61. The van der Waals surface area contributed by atoms with Crippen LogP contribution >= 0.6 is 0 Å². The van der Waals surface area contributed by atoms with Gasteiger partial charge in [-0.1, -0.05) is 111 Å². The first kappa shape index (κ1) is 28.0. The van der Waals surface area contributed by atoms with Crippen molar-refractivity contribution < 1.29 is 4.74 Å². The monoisotopic (exact) mass is 528 g/mol. The summed E-state index contributed by atoms with van der Waals surface area (Å²) in [5, 5.41) is 0. The van der Waals surface area contributed by atoms with Crippen LogP contribution in [0.15, 0.2) is 84.9 Å². The SMILES string of the molecule is CCCC(CCC)Oc1ccc(C2=C(c3ccc(C)cc3C)CCCc3cc(-c4ccc(C)cc4)ccc32)cc1. The topological polar surface area (TPSA) is 9.23 Å². The molecule has 0 amide bonds. The minimum atomic E-state index is 0.296. The average Bonchev–Trinajstić information content (AvgIpc) is 3.13. The minimum absolute atomic E-state index is 0.296. The van der Waals surface area contributed by atoms with Crippen LogP contribution in [0.5, 0.6) is 5.75 Å². The molecule has 0 aromatic heterocycles. The third-order valence-corrected chi connectivity index (χ3v) is 8.31. The van der Waals surface area contributed by atoms with Gasteiger partial charge in [0, 0.05) is 0 Å². The molecule has 0 fully saturated rings. The van der Waals surface area contributed by atoms with Gasteiger partial charge in [-0.3, -0.25) is 0 Å². The van der Waals surface area contributed by atoms with Crippen LogP contribution in [-0.4, -0.2) is 6.10 Å². The Morgan fingerprint density at radius 2 is 1.25 bits per heavy atom. The van der Waals surface area contributed by atoms with Gasteiger partial charge in [0.25, 0.3) is 0 Å². The number of fused-ring (bicyclic) bond motifs is 1. The van der Waals surface area contributed by atoms with Crippen LogP contribution in [0.2, 0.25) is 0 Å². The summed E-state index contributed by atoms with van der Waals surface area (Å²) < 4.78 is 6.43. The molecular formula is C39H44O. The van der Waals surface area contributed by atoms with Crippen molar-refractivity contribution >= 4 is 11.1 Å². The molecule has 0 saturated heterocycles. The van der Waals surface area contributed by atoms with E-state index in [1.54, 1.807) is 0 Å². The maximum Gasteiger partial charge on any atom is 0.119 e. The molecule has 0 bridgehead atoms. The van der Waals surface area contributed by atoms with Crippen LogP contribution in [0.25, 0.3) is 22.3 Å². The standard InChI is InChI=1S/C39H44O/c1-6-9-34(10-7-2)40-35-21-18-31(19-22-35)39-37-24-20-32(30-16-13-27(3)14-17-30)26-33(37)11-8-12-38(39)36-23-15-28(4)25-29(36)5/h13-26,34H,6-12H2,1-5H3. The third-order valence-electron chi connectivity index (χ3n) is 8.31. The summed E-state index contributed by atoms with van der Waals surface area (Å²) >= 11 is 0. The van der Waals surface area contributed by atoms with Crippen LogP contribution in [0.4, 0.5) is 0 Å². The van der Waals surface area contributed by atoms with Gasteiger partial charge in [0.15, 0.2) is 0 Å². The highest BCUT2D eigenvalue weighted by Gasteiger charge is 2.22. The highest BCUT2D eigenvalue weighted by molar-refractivity contribution is 6.00. The lowest BCUT2D eigenvalue weighted by Crippen LogP contribution is -2.15. The van der Waals surface area contributed by atoms with E-state index in [1.807, 2.05) is 0 Å². The van der Waals surface area contributed by atoms with E-state index in [4.69, 9.17) is 4.74 Å². The van der Waals surface area contributed by atoms with Crippen molar-refractivity contribution in [2.45, 2.75) is 85.7 Å². The zero-order chi connectivity index (χ0) is 28.1. The molecule has 0 saturated carbocycles. The number of hydrogen-bond donors (Lipinski definition) is 0.